The average molecular weight is 279 g/mol. The second-order valence-electron chi connectivity index (χ2n) is 4.08. The van der Waals surface area contributed by atoms with Gasteiger partial charge in [-0.3, -0.25) is 0 Å². The summed E-state index contributed by atoms with van der Waals surface area (Å²) in [5.74, 6) is -1.39. The largest absolute Gasteiger partial charge is 0.477 e. The van der Waals surface area contributed by atoms with E-state index in [0.29, 0.717) is 28.7 Å². The molecule has 0 aliphatic rings. The number of hydrogen-bond acceptors (Lipinski definition) is 3. The van der Waals surface area contributed by atoms with Crippen molar-refractivity contribution in [2.75, 3.05) is 6.54 Å². The van der Waals surface area contributed by atoms with Crippen LogP contribution in [0.1, 0.15) is 21.7 Å². The van der Waals surface area contributed by atoms with E-state index in [0.717, 1.165) is 17.8 Å². The molecule has 0 aliphatic heterocycles. The summed E-state index contributed by atoms with van der Waals surface area (Å²) in [6, 6.07) is 4.69. The molecule has 19 heavy (non-hydrogen) atoms. The van der Waals surface area contributed by atoms with Gasteiger partial charge in [0.05, 0.1) is 0 Å². The van der Waals surface area contributed by atoms with Crippen molar-refractivity contribution in [1.82, 2.24) is 5.32 Å². The number of rotatable bonds is 6. The number of carbonyl (C=O) groups is 1. The Morgan fingerprint density at radius 1 is 1.53 bits per heavy atom. The number of hydrogen-bond donors (Lipinski definition) is 2. The number of fused-ring (bicyclic) bond motifs is 1. The molecule has 0 aliphatic carbocycles. The Morgan fingerprint density at radius 3 is 3.00 bits per heavy atom. The zero-order valence-corrected chi connectivity index (χ0v) is 11.1. The Kier molecular flexibility index (Phi) is 4.29. The van der Waals surface area contributed by atoms with E-state index in [1.165, 1.54) is 6.07 Å². The molecule has 0 atom stereocenters. The molecule has 2 aromatic rings. The van der Waals surface area contributed by atoms with Crippen molar-refractivity contribution in [3.8, 4) is 0 Å². The highest BCUT2D eigenvalue weighted by molar-refractivity contribution is 7.21. The van der Waals surface area contributed by atoms with Gasteiger partial charge in [-0.15, -0.1) is 17.9 Å². The molecule has 0 spiro atoms. The molecule has 100 valence electrons. The summed E-state index contributed by atoms with van der Waals surface area (Å²) < 4.78 is 14.5. The normalized spacial score (nSPS) is 10.8. The van der Waals surface area contributed by atoms with Crippen LogP contribution in [0.4, 0.5) is 4.39 Å². The van der Waals surface area contributed by atoms with Crippen LogP contribution in [-0.2, 0) is 6.54 Å². The molecular formula is C14H14FNO2S. The number of thiophene rings is 1. The Bertz CT molecular complexity index is 621. The first-order valence-electron chi connectivity index (χ1n) is 5.90. The minimum Gasteiger partial charge on any atom is -0.477 e. The van der Waals surface area contributed by atoms with Crippen molar-refractivity contribution in [3.05, 3.63) is 47.1 Å². The minimum atomic E-state index is -1.01. The fourth-order valence-corrected chi connectivity index (χ4v) is 3.00. The maximum atomic E-state index is 13.9. The number of benzene rings is 1. The molecule has 5 heteroatoms. The van der Waals surface area contributed by atoms with Crippen LogP contribution in [0.25, 0.3) is 10.1 Å². The fraction of sp³-hybridized carbons (Fsp3) is 0.214. The van der Waals surface area contributed by atoms with Gasteiger partial charge in [-0.25, -0.2) is 9.18 Å². The summed E-state index contributed by atoms with van der Waals surface area (Å²) in [6.45, 7) is 4.65. The molecule has 0 fully saturated rings. The standard InChI is InChI=1S/C14H14FNO2S/c1-2-3-7-16-8-9-12-10(15)5-4-6-11(12)19-13(9)14(17)18/h2,4-6,16H,1,3,7-8H2,(H,17,18). The highest BCUT2D eigenvalue weighted by Gasteiger charge is 2.19. The summed E-state index contributed by atoms with van der Waals surface area (Å²) in [7, 11) is 0. The maximum absolute atomic E-state index is 13.9. The Labute approximate surface area is 114 Å². The van der Waals surface area contributed by atoms with Crippen LogP contribution in [0, 0.1) is 5.82 Å². The van der Waals surface area contributed by atoms with Crippen LogP contribution >= 0.6 is 11.3 Å². The van der Waals surface area contributed by atoms with Gasteiger partial charge in [0.1, 0.15) is 10.7 Å². The predicted molar refractivity (Wildman–Crippen MR) is 75.3 cm³/mol. The lowest BCUT2D eigenvalue weighted by molar-refractivity contribution is 0.0701. The van der Waals surface area contributed by atoms with Crippen molar-refractivity contribution < 1.29 is 14.3 Å². The minimum absolute atomic E-state index is 0.200. The van der Waals surface area contributed by atoms with Gasteiger partial charge in [-0.05, 0) is 25.1 Å². The van der Waals surface area contributed by atoms with E-state index in [2.05, 4.69) is 11.9 Å². The lowest BCUT2D eigenvalue weighted by Crippen LogP contribution is -2.15. The van der Waals surface area contributed by atoms with E-state index in [4.69, 9.17) is 0 Å². The number of halogens is 1. The smallest absolute Gasteiger partial charge is 0.346 e. The topological polar surface area (TPSA) is 49.3 Å². The second-order valence-corrected chi connectivity index (χ2v) is 5.13. The third kappa shape index (κ3) is 2.83. The second kappa shape index (κ2) is 5.95. The first-order chi connectivity index (χ1) is 9.15. The Balaban J connectivity index is 2.40. The molecule has 3 nitrogen and oxygen atoms in total. The Morgan fingerprint density at radius 2 is 2.32 bits per heavy atom. The molecule has 0 bridgehead atoms. The van der Waals surface area contributed by atoms with E-state index < -0.39 is 5.97 Å². The van der Waals surface area contributed by atoms with E-state index >= 15 is 0 Å². The van der Waals surface area contributed by atoms with Crippen molar-refractivity contribution in [2.24, 2.45) is 0 Å². The summed E-state index contributed by atoms with van der Waals surface area (Å²) >= 11 is 1.11. The highest BCUT2D eigenvalue weighted by Crippen LogP contribution is 2.33. The summed E-state index contributed by atoms with van der Waals surface area (Å²) in [6.07, 6.45) is 2.56. The van der Waals surface area contributed by atoms with E-state index in [9.17, 15) is 14.3 Å². The molecule has 0 unspecified atom stereocenters. The van der Waals surface area contributed by atoms with E-state index in [1.54, 1.807) is 18.2 Å². The first-order valence-corrected chi connectivity index (χ1v) is 6.71. The first kappa shape index (κ1) is 13.7. The number of carboxylic acid groups (broad SMARTS) is 1. The molecule has 2 rings (SSSR count). The van der Waals surface area contributed by atoms with Gasteiger partial charge in [-0.2, -0.15) is 0 Å². The zero-order chi connectivity index (χ0) is 13.8. The van der Waals surface area contributed by atoms with Gasteiger partial charge in [0.25, 0.3) is 0 Å². The van der Waals surface area contributed by atoms with Crippen molar-refractivity contribution in [1.29, 1.82) is 0 Å². The fourth-order valence-electron chi connectivity index (χ4n) is 1.93. The van der Waals surface area contributed by atoms with Crippen molar-refractivity contribution in [3.63, 3.8) is 0 Å². The third-order valence-electron chi connectivity index (χ3n) is 2.78. The molecule has 0 saturated heterocycles. The number of carboxylic acids is 1. The van der Waals surface area contributed by atoms with Gasteiger partial charge in [-0.1, -0.05) is 12.1 Å². The van der Waals surface area contributed by atoms with Crippen LogP contribution < -0.4 is 5.32 Å². The van der Waals surface area contributed by atoms with E-state index in [1.807, 2.05) is 0 Å². The lowest BCUT2D eigenvalue weighted by atomic mass is 10.1. The zero-order valence-electron chi connectivity index (χ0n) is 10.3. The van der Waals surface area contributed by atoms with E-state index in [-0.39, 0.29) is 10.7 Å². The predicted octanol–water partition coefficient (Wildman–Crippen LogP) is 3.40. The molecule has 2 N–H and O–H groups in total. The third-order valence-corrected chi connectivity index (χ3v) is 3.97. The highest BCUT2D eigenvalue weighted by atomic mass is 32.1. The SMILES string of the molecule is C=CCCNCc1c(C(=O)O)sc2cccc(F)c12. The Hall–Kier alpha value is -1.72. The molecule has 1 heterocycles. The quantitative estimate of drug-likeness (QED) is 0.629. The van der Waals surface area contributed by atoms with Gasteiger partial charge in [0, 0.05) is 22.2 Å². The van der Waals surface area contributed by atoms with Gasteiger partial charge in [0.2, 0.25) is 0 Å². The van der Waals surface area contributed by atoms with Crippen LogP contribution in [0.15, 0.2) is 30.9 Å². The number of aromatic carboxylic acids is 1. The summed E-state index contributed by atoms with van der Waals surface area (Å²) in [5, 5.41) is 12.7. The van der Waals surface area contributed by atoms with Crippen LogP contribution in [0.3, 0.4) is 0 Å². The molecule has 0 radical (unpaired) electrons. The van der Waals surface area contributed by atoms with Crippen LogP contribution in [-0.4, -0.2) is 17.6 Å². The molecule has 0 amide bonds. The average Bonchev–Trinajstić information content (AvgIpc) is 2.75. The lowest BCUT2D eigenvalue weighted by Gasteiger charge is -2.04. The van der Waals surface area contributed by atoms with Crippen LogP contribution in [0.2, 0.25) is 0 Å². The molecule has 0 saturated carbocycles. The monoisotopic (exact) mass is 279 g/mol. The van der Waals surface area contributed by atoms with Gasteiger partial charge >= 0.3 is 5.97 Å². The number of nitrogens with one attached hydrogen (secondary N) is 1. The molecule has 1 aromatic heterocycles. The molecule has 1 aromatic carbocycles. The van der Waals surface area contributed by atoms with Gasteiger partial charge in [0.15, 0.2) is 0 Å². The van der Waals surface area contributed by atoms with Crippen LogP contribution in [0.5, 0.6) is 0 Å². The summed E-state index contributed by atoms with van der Waals surface area (Å²) in [4.78, 5) is 11.4. The van der Waals surface area contributed by atoms with Gasteiger partial charge < -0.3 is 10.4 Å². The van der Waals surface area contributed by atoms with Crippen molar-refractivity contribution in [2.45, 2.75) is 13.0 Å². The maximum Gasteiger partial charge on any atom is 0.346 e. The van der Waals surface area contributed by atoms with Crippen molar-refractivity contribution >= 4 is 27.4 Å². The summed E-state index contributed by atoms with van der Waals surface area (Å²) in [5.41, 5.74) is 0.523. The molecular weight excluding hydrogens is 265 g/mol.